The van der Waals surface area contributed by atoms with Crippen LogP contribution in [0.5, 0.6) is 0 Å². The Labute approximate surface area is 141 Å². The molecule has 0 spiro atoms. The molecular weight excluding hydrogens is 302 g/mol. The molecule has 4 rings (SSSR count). The summed E-state index contributed by atoms with van der Waals surface area (Å²) in [6.45, 7) is 2.26. The van der Waals surface area contributed by atoms with Gasteiger partial charge in [0.15, 0.2) is 0 Å². The molecule has 2 aromatic rings. The van der Waals surface area contributed by atoms with Gasteiger partial charge in [0, 0.05) is 50.6 Å². The fourth-order valence-corrected chi connectivity index (χ4v) is 3.85. The first-order chi connectivity index (χ1) is 11.8. The van der Waals surface area contributed by atoms with Crippen LogP contribution in [0.4, 0.5) is 0 Å². The summed E-state index contributed by atoms with van der Waals surface area (Å²) in [5.41, 5.74) is 2.80. The predicted molar refractivity (Wildman–Crippen MR) is 90.5 cm³/mol. The van der Waals surface area contributed by atoms with Crippen molar-refractivity contribution >= 4 is 0 Å². The monoisotopic (exact) mass is 325 g/mol. The zero-order chi connectivity index (χ0) is 16.4. The van der Waals surface area contributed by atoms with Gasteiger partial charge in [-0.25, -0.2) is 4.98 Å². The highest BCUT2D eigenvalue weighted by Crippen LogP contribution is 2.30. The van der Waals surface area contributed by atoms with Gasteiger partial charge in [-0.3, -0.25) is 19.7 Å². The first-order valence-electron chi connectivity index (χ1n) is 8.89. The average molecular weight is 325 g/mol. The van der Waals surface area contributed by atoms with E-state index in [1.54, 1.807) is 18.6 Å². The molecule has 1 saturated carbocycles. The lowest BCUT2D eigenvalue weighted by molar-refractivity contribution is 0.238. The van der Waals surface area contributed by atoms with E-state index in [9.17, 15) is 4.79 Å². The normalized spacial score (nSPS) is 19.2. The lowest BCUT2D eigenvalue weighted by atomic mass is 9.88. The van der Waals surface area contributed by atoms with E-state index in [0.717, 1.165) is 55.1 Å². The number of rotatable bonds is 3. The molecule has 0 radical (unpaired) electrons. The molecule has 0 aromatic carbocycles. The molecule has 1 aliphatic heterocycles. The Morgan fingerprint density at radius 2 is 2.08 bits per heavy atom. The number of hydrogen-bond acceptors (Lipinski definition) is 5. The maximum Gasteiger partial charge on any atom is 0.255 e. The molecule has 1 fully saturated rings. The number of H-pyrrole nitrogens is 1. The highest BCUT2D eigenvalue weighted by atomic mass is 16.1. The van der Waals surface area contributed by atoms with Gasteiger partial charge in [-0.05, 0) is 12.8 Å². The van der Waals surface area contributed by atoms with Crippen molar-refractivity contribution in [2.24, 2.45) is 0 Å². The Hall–Kier alpha value is -2.08. The van der Waals surface area contributed by atoms with Crippen LogP contribution in [0.2, 0.25) is 0 Å². The molecule has 24 heavy (non-hydrogen) atoms. The van der Waals surface area contributed by atoms with E-state index in [1.807, 2.05) is 0 Å². The van der Waals surface area contributed by atoms with Gasteiger partial charge in [0.25, 0.3) is 5.56 Å². The summed E-state index contributed by atoms with van der Waals surface area (Å²) in [4.78, 5) is 31.1. The van der Waals surface area contributed by atoms with Crippen LogP contribution in [0.25, 0.3) is 0 Å². The van der Waals surface area contributed by atoms with Crippen molar-refractivity contribution in [2.75, 3.05) is 6.54 Å². The SMILES string of the molecule is O=c1[nH]c(C2CCCCC2)nc2c1CN(Cc1cnccn1)CC2. The fraction of sp³-hybridized carbons (Fsp3) is 0.556. The zero-order valence-corrected chi connectivity index (χ0v) is 13.9. The molecule has 0 unspecified atom stereocenters. The summed E-state index contributed by atoms with van der Waals surface area (Å²) in [6.07, 6.45) is 12.1. The molecular formula is C18H23N5O. The molecule has 0 amide bonds. The number of nitrogens with one attached hydrogen (secondary N) is 1. The molecule has 126 valence electrons. The van der Waals surface area contributed by atoms with Crippen LogP contribution in [0.1, 0.15) is 60.8 Å². The second-order valence-corrected chi connectivity index (χ2v) is 6.87. The van der Waals surface area contributed by atoms with E-state index in [0.29, 0.717) is 12.5 Å². The number of aromatic amines is 1. The van der Waals surface area contributed by atoms with Gasteiger partial charge in [0.05, 0.1) is 17.0 Å². The maximum atomic E-state index is 12.6. The first kappa shape index (κ1) is 15.4. The first-order valence-corrected chi connectivity index (χ1v) is 8.89. The molecule has 1 N–H and O–H groups in total. The van der Waals surface area contributed by atoms with E-state index in [2.05, 4.69) is 19.9 Å². The lowest BCUT2D eigenvalue weighted by Crippen LogP contribution is -2.36. The van der Waals surface area contributed by atoms with Gasteiger partial charge in [-0.15, -0.1) is 0 Å². The number of aromatic nitrogens is 4. The van der Waals surface area contributed by atoms with Crippen molar-refractivity contribution < 1.29 is 0 Å². The van der Waals surface area contributed by atoms with Crippen molar-refractivity contribution in [1.82, 2.24) is 24.8 Å². The summed E-state index contributed by atoms with van der Waals surface area (Å²) in [5.74, 6) is 1.36. The van der Waals surface area contributed by atoms with Crippen molar-refractivity contribution in [2.45, 2.75) is 57.5 Å². The van der Waals surface area contributed by atoms with Crippen molar-refractivity contribution in [3.05, 3.63) is 51.7 Å². The summed E-state index contributed by atoms with van der Waals surface area (Å²) in [6, 6.07) is 0. The van der Waals surface area contributed by atoms with Gasteiger partial charge in [0.1, 0.15) is 5.82 Å². The summed E-state index contributed by atoms with van der Waals surface area (Å²) in [5, 5.41) is 0. The Balaban J connectivity index is 1.53. The van der Waals surface area contributed by atoms with Crippen LogP contribution in [-0.4, -0.2) is 31.4 Å². The minimum absolute atomic E-state index is 0.0458. The maximum absolute atomic E-state index is 12.6. The molecule has 2 aromatic heterocycles. The van der Waals surface area contributed by atoms with Crippen molar-refractivity contribution in [3.8, 4) is 0 Å². The molecule has 0 saturated heterocycles. The van der Waals surface area contributed by atoms with Crippen LogP contribution in [-0.2, 0) is 19.5 Å². The fourth-order valence-electron chi connectivity index (χ4n) is 3.85. The quantitative estimate of drug-likeness (QED) is 0.936. The third kappa shape index (κ3) is 3.24. The molecule has 1 aliphatic carbocycles. The smallest absolute Gasteiger partial charge is 0.255 e. The van der Waals surface area contributed by atoms with E-state index < -0.39 is 0 Å². The lowest BCUT2D eigenvalue weighted by Gasteiger charge is -2.28. The van der Waals surface area contributed by atoms with Crippen molar-refractivity contribution in [1.29, 1.82) is 0 Å². The second-order valence-electron chi connectivity index (χ2n) is 6.87. The number of hydrogen-bond donors (Lipinski definition) is 1. The van der Waals surface area contributed by atoms with Crippen molar-refractivity contribution in [3.63, 3.8) is 0 Å². The molecule has 6 nitrogen and oxygen atoms in total. The Morgan fingerprint density at radius 1 is 1.21 bits per heavy atom. The third-order valence-electron chi connectivity index (χ3n) is 5.16. The van der Waals surface area contributed by atoms with Gasteiger partial charge >= 0.3 is 0 Å². The van der Waals surface area contributed by atoms with Gasteiger partial charge < -0.3 is 4.98 Å². The van der Waals surface area contributed by atoms with Crippen LogP contribution in [0.15, 0.2) is 23.4 Å². The average Bonchev–Trinajstić information content (AvgIpc) is 2.64. The Bertz CT molecular complexity index is 752. The number of nitrogens with zero attached hydrogens (tertiary/aromatic N) is 4. The molecule has 0 atom stereocenters. The minimum Gasteiger partial charge on any atom is -0.310 e. The summed E-state index contributed by atoms with van der Waals surface area (Å²) < 4.78 is 0. The van der Waals surface area contributed by atoms with Gasteiger partial charge in [-0.1, -0.05) is 19.3 Å². The topological polar surface area (TPSA) is 74.8 Å². The van der Waals surface area contributed by atoms with Crippen LogP contribution in [0, 0.1) is 0 Å². The Kier molecular flexibility index (Phi) is 4.38. The van der Waals surface area contributed by atoms with Crippen LogP contribution in [0.3, 0.4) is 0 Å². The largest absolute Gasteiger partial charge is 0.310 e. The molecule has 6 heteroatoms. The second kappa shape index (κ2) is 6.81. The highest BCUT2D eigenvalue weighted by Gasteiger charge is 2.24. The van der Waals surface area contributed by atoms with E-state index >= 15 is 0 Å². The zero-order valence-electron chi connectivity index (χ0n) is 13.9. The standard InChI is InChI=1S/C18H23N5O/c24-18-15-12-23(11-14-10-19-7-8-20-14)9-6-16(15)21-17(22-18)13-4-2-1-3-5-13/h7-8,10,13H,1-6,9,11-12H2,(H,21,22,24). The third-order valence-corrected chi connectivity index (χ3v) is 5.16. The molecule has 0 bridgehead atoms. The van der Waals surface area contributed by atoms with Crippen LogP contribution >= 0.6 is 0 Å². The van der Waals surface area contributed by atoms with E-state index in [1.165, 1.54) is 19.3 Å². The van der Waals surface area contributed by atoms with Gasteiger partial charge in [-0.2, -0.15) is 0 Å². The van der Waals surface area contributed by atoms with E-state index in [-0.39, 0.29) is 5.56 Å². The van der Waals surface area contributed by atoms with Gasteiger partial charge in [0.2, 0.25) is 0 Å². The minimum atomic E-state index is 0.0458. The van der Waals surface area contributed by atoms with E-state index in [4.69, 9.17) is 4.98 Å². The Morgan fingerprint density at radius 3 is 2.88 bits per heavy atom. The van der Waals surface area contributed by atoms with Crippen LogP contribution < -0.4 is 5.56 Å². The number of fused-ring (bicyclic) bond motifs is 1. The molecule has 2 aliphatic rings. The predicted octanol–water partition coefficient (Wildman–Crippen LogP) is 2.17. The molecule has 3 heterocycles. The summed E-state index contributed by atoms with van der Waals surface area (Å²) >= 11 is 0. The highest BCUT2D eigenvalue weighted by molar-refractivity contribution is 5.22. The summed E-state index contributed by atoms with van der Waals surface area (Å²) in [7, 11) is 0.